The Bertz CT molecular complexity index is 444. The summed E-state index contributed by atoms with van der Waals surface area (Å²) < 4.78 is 0. The van der Waals surface area contributed by atoms with Gasteiger partial charge >= 0.3 is 0 Å². The van der Waals surface area contributed by atoms with Gasteiger partial charge in [0.25, 0.3) is 0 Å². The van der Waals surface area contributed by atoms with Gasteiger partial charge in [-0.3, -0.25) is 0 Å². The molecule has 1 atom stereocenters. The molecule has 4 heteroatoms. The highest BCUT2D eigenvalue weighted by Gasteiger charge is 2.26. The highest BCUT2D eigenvalue weighted by molar-refractivity contribution is 5.50. The van der Waals surface area contributed by atoms with Crippen LogP contribution >= 0.6 is 0 Å². The van der Waals surface area contributed by atoms with Gasteiger partial charge in [-0.1, -0.05) is 6.42 Å². The Balaban J connectivity index is 1.91. The summed E-state index contributed by atoms with van der Waals surface area (Å²) in [5.41, 5.74) is 8.52. The number of anilines is 1. The minimum atomic E-state index is 0.580. The molecule has 3 rings (SSSR count). The van der Waals surface area contributed by atoms with Gasteiger partial charge in [0.05, 0.1) is 0 Å². The molecule has 2 aliphatic rings. The second kappa shape index (κ2) is 6.53. The number of nitrogens with zero attached hydrogens (tertiary/aromatic N) is 3. The third kappa shape index (κ3) is 2.80. The van der Waals surface area contributed by atoms with Crippen molar-refractivity contribution in [1.82, 2.24) is 9.97 Å². The van der Waals surface area contributed by atoms with E-state index in [4.69, 9.17) is 5.73 Å². The molecule has 0 aromatic carbocycles. The predicted octanol–water partition coefficient (Wildman–Crippen LogP) is 2.45. The second-order valence-electron chi connectivity index (χ2n) is 6.10. The summed E-state index contributed by atoms with van der Waals surface area (Å²) >= 11 is 0. The zero-order valence-corrected chi connectivity index (χ0v) is 12.4. The second-order valence-corrected chi connectivity index (χ2v) is 6.10. The first kappa shape index (κ1) is 13.8. The molecular weight excluding hydrogens is 248 g/mol. The molecule has 110 valence electrons. The summed E-state index contributed by atoms with van der Waals surface area (Å²) in [6.45, 7) is 1.91. The molecule has 0 radical (unpaired) electrons. The van der Waals surface area contributed by atoms with Crippen LogP contribution in [0.3, 0.4) is 0 Å². The molecule has 2 N–H and O–H groups in total. The Morgan fingerprint density at radius 3 is 2.90 bits per heavy atom. The first-order valence-corrected chi connectivity index (χ1v) is 8.19. The fourth-order valence-electron chi connectivity index (χ4n) is 3.70. The van der Waals surface area contributed by atoms with Gasteiger partial charge in [-0.15, -0.1) is 0 Å². The van der Waals surface area contributed by atoms with E-state index in [0.717, 1.165) is 32.4 Å². The van der Waals surface area contributed by atoms with Crippen molar-refractivity contribution in [2.45, 2.75) is 63.8 Å². The molecule has 1 unspecified atom stereocenters. The number of piperidine rings is 1. The van der Waals surface area contributed by atoms with Crippen LogP contribution in [0.4, 0.5) is 5.82 Å². The Morgan fingerprint density at radius 2 is 2.00 bits per heavy atom. The van der Waals surface area contributed by atoms with Gasteiger partial charge in [0.1, 0.15) is 12.1 Å². The summed E-state index contributed by atoms with van der Waals surface area (Å²) in [4.78, 5) is 11.7. The smallest absolute Gasteiger partial charge is 0.135 e. The van der Waals surface area contributed by atoms with E-state index in [1.807, 2.05) is 0 Å². The van der Waals surface area contributed by atoms with Crippen molar-refractivity contribution in [3.8, 4) is 0 Å². The molecule has 1 aromatic heterocycles. The zero-order valence-electron chi connectivity index (χ0n) is 12.4. The SMILES string of the molecule is NCCC1CCCCN1c1ncnc2c1CCCCC2. The Labute approximate surface area is 121 Å². The topological polar surface area (TPSA) is 55.0 Å². The van der Waals surface area contributed by atoms with Crippen LogP contribution in [0.2, 0.25) is 0 Å². The van der Waals surface area contributed by atoms with Crippen molar-refractivity contribution >= 4 is 5.82 Å². The number of aryl methyl sites for hydroxylation is 1. The number of hydrogen-bond donors (Lipinski definition) is 1. The van der Waals surface area contributed by atoms with E-state index in [0.29, 0.717) is 6.04 Å². The lowest BCUT2D eigenvalue weighted by Crippen LogP contribution is -2.42. The molecule has 0 saturated carbocycles. The summed E-state index contributed by atoms with van der Waals surface area (Å²) in [5.74, 6) is 1.22. The summed E-state index contributed by atoms with van der Waals surface area (Å²) in [6, 6.07) is 0.580. The Kier molecular flexibility index (Phi) is 4.51. The van der Waals surface area contributed by atoms with Crippen molar-refractivity contribution in [1.29, 1.82) is 0 Å². The summed E-state index contributed by atoms with van der Waals surface area (Å²) in [7, 11) is 0. The van der Waals surface area contributed by atoms with Crippen LogP contribution in [0, 0.1) is 0 Å². The molecule has 0 spiro atoms. The average molecular weight is 274 g/mol. The maximum Gasteiger partial charge on any atom is 0.135 e. The average Bonchev–Trinajstić information content (AvgIpc) is 2.73. The van der Waals surface area contributed by atoms with Gasteiger partial charge in [0.2, 0.25) is 0 Å². The van der Waals surface area contributed by atoms with Gasteiger partial charge in [-0.25, -0.2) is 9.97 Å². The normalized spacial score (nSPS) is 23.2. The maximum absolute atomic E-state index is 5.80. The van der Waals surface area contributed by atoms with Crippen LogP contribution in [0.1, 0.15) is 56.2 Å². The lowest BCUT2D eigenvalue weighted by Gasteiger charge is -2.37. The lowest BCUT2D eigenvalue weighted by molar-refractivity contribution is 0.437. The fraction of sp³-hybridized carbons (Fsp3) is 0.750. The van der Waals surface area contributed by atoms with E-state index in [1.165, 1.54) is 55.6 Å². The van der Waals surface area contributed by atoms with E-state index in [2.05, 4.69) is 14.9 Å². The third-order valence-electron chi connectivity index (χ3n) is 4.75. The molecule has 1 aliphatic carbocycles. The van der Waals surface area contributed by atoms with E-state index in [9.17, 15) is 0 Å². The summed E-state index contributed by atoms with van der Waals surface area (Å²) in [5, 5.41) is 0. The van der Waals surface area contributed by atoms with Crippen LogP contribution in [0.15, 0.2) is 6.33 Å². The van der Waals surface area contributed by atoms with Gasteiger partial charge in [-0.2, -0.15) is 0 Å². The highest BCUT2D eigenvalue weighted by atomic mass is 15.2. The molecule has 0 amide bonds. The third-order valence-corrected chi connectivity index (χ3v) is 4.75. The van der Waals surface area contributed by atoms with Crippen molar-refractivity contribution in [3.63, 3.8) is 0 Å². The molecule has 20 heavy (non-hydrogen) atoms. The molecular formula is C16H26N4. The number of nitrogens with two attached hydrogens (primary N) is 1. The van der Waals surface area contributed by atoms with Gasteiger partial charge < -0.3 is 10.6 Å². The van der Waals surface area contributed by atoms with Gasteiger partial charge in [0, 0.05) is 23.8 Å². The minimum Gasteiger partial charge on any atom is -0.353 e. The molecule has 1 aliphatic heterocycles. The molecule has 1 aromatic rings. The summed E-state index contributed by atoms with van der Waals surface area (Å²) in [6.07, 6.45) is 12.9. The number of fused-ring (bicyclic) bond motifs is 1. The molecule has 1 saturated heterocycles. The number of hydrogen-bond acceptors (Lipinski definition) is 4. The minimum absolute atomic E-state index is 0.580. The zero-order chi connectivity index (χ0) is 13.8. The number of aromatic nitrogens is 2. The monoisotopic (exact) mass is 274 g/mol. The van der Waals surface area contributed by atoms with Crippen molar-refractivity contribution in [3.05, 3.63) is 17.6 Å². The van der Waals surface area contributed by atoms with Crippen LogP contribution < -0.4 is 10.6 Å². The standard InChI is InChI=1S/C16H26N4/c17-10-9-13-6-4-5-11-20(13)16-14-7-2-1-3-8-15(14)18-12-19-16/h12-13H,1-11,17H2. The Hall–Kier alpha value is -1.16. The predicted molar refractivity (Wildman–Crippen MR) is 81.9 cm³/mol. The van der Waals surface area contributed by atoms with Crippen LogP contribution in [-0.2, 0) is 12.8 Å². The fourth-order valence-corrected chi connectivity index (χ4v) is 3.70. The van der Waals surface area contributed by atoms with Crippen LogP contribution in [-0.4, -0.2) is 29.1 Å². The van der Waals surface area contributed by atoms with Crippen molar-refractivity contribution in [2.24, 2.45) is 5.73 Å². The first-order valence-electron chi connectivity index (χ1n) is 8.19. The van der Waals surface area contributed by atoms with Gasteiger partial charge in [0.15, 0.2) is 0 Å². The largest absolute Gasteiger partial charge is 0.353 e. The van der Waals surface area contributed by atoms with E-state index < -0.39 is 0 Å². The molecule has 0 bridgehead atoms. The quantitative estimate of drug-likeness (QED) is 0.860. The maximum atomic E-state index is 5.80. The van der Waals surface area contributed by atoms with Gasteiger partial charge in [-0.05, 0) is 57.9 Å². The van der Waals surface area contributed by atoms with E-state index >= 15 is 0 Å². The molecule has 4 nitrogen and oxygen atoms in total. The van der Waals surface area contributed by atoms with Crippen molar-refractivity contribution < 1.29 is 0 Å². The Morgan fingerprint density at radius 1 is 1.10 bits per heavy atom. The molecule has 2 heterocycles. The first-order chi connectivity index (χ1) is 9.90. The van der Waals surface area contributed by atoms with E-state index in [1.54, 1.807) is 6.33 Å². The highest BCUT2D eigenvalue weighted by Crippen LogP contribution is 2.31. The molecule has 1 fully saturated rings. The number of rotatable bonds is 3. The van der Waals surface area contributed by atoms with E-state index in [-0.39, 0.29) is 0 Å². The van der Waals surface area contributed by atoms with Crippen LogP contribution in [0.5, 0.6) is 0 Å². The lowest BCUT2D eigenvalue weighted by atomic mass is 9.98. The van der Waals surface area contributed by atoms with Crippen LogP contribution in [0.25, 0.3) is 0 Å². The van der Waals surface area contributed by atoms with Crippen molar-refractivity contribution in [2.75, 3.05) is 18.0 Å².